The molecule has 1 saturated carbocycles. The van der Waals surface area contributed by atoms with Crippen molar-refractivity contribution in [3.8, 4) is 5.75 Å². The number of carbonyl (C=O) groups excluding carboxylic acids is 3. The largest absolute Gasteiger partial charge is 0.508 e. The van der Waals surface area contributed by atoms with E-state index in [1.165, 1.54) is 6.07 Å². The first-order chi connectivity index (χ1) is 13.1. The number of fused-ring (bicyclic) bond motifs is 3. The fourth-order valence-electron chi connectivity index (χ4n) is 4.65. The molecule has 0 spiro atoms. The maximum absolute atomic E-state index is 13.2. The summed E-state index contributed by atoms with van der Waals surface area (Å²) in [7, 11) is 0. The molecule has 4 atom stereocenters. The number of carbonyl (C=O) groups is 3. The van der Waals surface area contributed by atoms with Crippen molar-refractivity contribution in [2.45, 2.75) is 24.5 Å². The van der Waals surface area contributed by atoms with E-state index in [1.54, 1.807) is 12.1 Å². The number of ketones is 2. The summed E-state index contributed by atoms with van der Waals surface area (Å²) in [4.78, 5) is 37.2. The molecule has 1 aromatic rings. The summed E-state index contributed by atoms with van der Waals surface area (Å²) in [5.74, 6) is -7.02. The summed E-state index contributed by atoms with van der Waals surface area (Å²) in [6.45, 7) is 0. The van der Waals surface area contributed by atoms with Gasteiger partial charge in [-0.15, -0.1) is 0 Å². The maximum atomic E-state index is 13.2. The van der Waals surface area contributed by atoms with Crippen LogP contribution < -0.4 is 11.5 Å². The minimum Gasteiger partial charge on any atom is -0.508 e. The molecule has 3 aliphatic rings. The fourth-order valence-corrected chi connectivity index (χ4v) is 4.65. The van der Waals surface area contributed by atoms with Gasteiger partial charge in [-0.25, -0.2) is 0 Å². The molecule has 4 rings (SSSR count). The van der Waals surface area contributed by atoms with E-state index in [0.717, 1.165) is 0 Å². The van der Waals surface area contributed by atoms with E-state index in [9.17, 15) is 34.8 Å². The van der Waals surface area contributed by atoms with Gasteiger partial charge in [-0.1, -0.05) is 12.1 Å². The molecule has 0 heterocycles. The number of aromatic hydroxyl groups is 1. The highest BCUT2D eigenvalue weighted by molar-refractivity contribution is 6.24. The van der Waals surface area contributed by atoms with Crippen molar-refractivity contribution in [2.75, 3.05) is 0 Å². The minimum absolute atomic E-state index is 0.000260. The molecule has 1 amide bonds. The Balaban J connectivity index is 1.96. The molecule has 1 fully saturated rings. The second kappa shape index (κ2) is 5.66. The Bertz CT molecular complexity index is 1030. The summed E-state index contributed by atoms with van der Waals surface area (Å²) in [5.41, 5.74) is 7.93. The number of hydrogen-bond donors (Lipinski definition) is 6. The normalized spacial score (nSPS) is 32.0. The van der Waals surface area contributed by atoms with Gasteiger partial charge in [0.05, 0.1) is 11.6 Å². The third-order valence-corrected chi connectivity index (χ3v) is 5.99. The van der Waals surface area contributed by atoms with Gasteiger partial charge in [-0.05, 0) is 30.4 Å². The quantitative estimate of drug-likeness (QED) is 0.344. The van der Waals surface area contributed by atoms with Crippen molar-refractivity contribution in [3.05, 3.63) is 46.2 Å². The van der Waals surface area contributed by atoms with E-state index in [1.807, 2.05) is 0 Å². The van der Waals surface area contributed by atoms with Crippen molar-refractivity contribution >= 4 is 23.2 Å². The number of phenols is 1. The predicted molar refractivity (Wildman–Crippen MR) is 94.7 cm³/mol. The van der Waals surface area contributed by atoms with E-state index < -0.39 is 58.0 Å². The van der Waals surface area contributed by atoms with Gasteiger partial charge < -0.3 is 31.9 Å². The molecular formula is C19H18N2O7. The molecule has 1 aromatic carbocycles. The molecule has 9 heteroatoms. The highest BCUT2D eigenvalue weighted by atomic mass is 16.3. The molecule has 3 aliphatic carbocycles. The number of rotatable bonds is 1. The smallest absolute Gasteiger partial charge is 0.255 e. The Morgan fingerprint density at radius 2 is 1.86 bits per heavy atom. The van der Waals surface area contributed by atoms with Crippen LogP contribution in [0.3, 0.4) is 0 Å². The fraction of sp³-hybridized carbons (Fsp3) is 0.316. The molecule has 0 aliphatic heterocycles. The maximum Gasteiger partial charge on any atom is 0.255 e. The van der Waals surface area contributed by atoms with Gasteiger partial charge in [0, 0.05) is 11.5 Å². The first-order valence-corrected chi connectivity index (χ1v) is 8.65. The van der Waals surface area contributed by atoms with Crippen LogP contribution in [-0.2, 0) is 20.8 Å². The molecule has 0 bridgehead atoms. The van der Waals surface area contributed by atoms with E-state index in [2.05, 4.69) is 0 Å². The van der Waals surface area contributed by atoms with Gasteiger partial charge in [-0.2, -0.15) is 0 Å². The molecule has 28 heavy (non-hydrogen) atoms. The zero-order valence-corrected chi connectivity index (χ0v) is 14.5. The Kier molecular flexibility index (Phi) is 3.68. The van der Waals surface area contributed by atoms with Crippen molar-refractivity contribution in [1.82, 2.24) is 0 Å². The lowest BCUT2D eigenvalue weighted by Gasteiger charge is -2.48. The third kappa shape index (κ3) is 2.05. The number of Topliss-reactive ketones (excluding diaryl/α,β-unsaturated/α-hetero) is 2. The molecule has 9 nitrogen and oxygen atoms in total. The number of hydrogen-bond acceptors (Lipinski definition) is 8. The van der Waals surface area contributed by atoms with E-state index in [0.29, 0.717) is 5.56 Å². The number of primary amides is 1. The van der Waals surface area contributed by atoms with Gasteiger partial charge in [-0.3, -0.25) is 14.4 Å². The Hall–Kier alpha value is -3.17. The van der Waals surface area contributed by atoms with Gasteiger partial charge in [0.15, 0.2) is 11.4 Å². The topological polar surface area (TPSA) is 184 Å². The van der Waals surface area contributed by atoms with Crippen LogP contribution in [-0.4, -0.2) is 49.5 Å². The monoisotopic (exact) mass is 386 g/mol. The molecule has 0 aromatic heterocycles. The number of amides is 1. The van der Waals surface area contributed by atoms with Crippen molar-refractivity contribution in [3.63, 3.8) is 0 Å². The summed E-state index contributed by atoms with van der Waals surface area (Å²) in [5, 5.41) is 42.3. The molecule has 0 radical (unpaired) electrons. The van der Waals surface area contributed by atoms with Crippen LogP contribution in [0.1, 0.15) is 17.5 Å². The van der Waals surface area contributed by atoms with Crippen molar-refractivity contribution in [2.24, 2.45) is 23.3 Å². The molecule has 4 unspecified atom stereocenters. The standard InChI is InChI=1S/C19H18N2O7/c20-13-8-5-7-4-6-2-1-3-9(22)10(6)14(23)11(7)16(25)19(8,28)17(26)12(15(13)24)18(21)27/h1-3,7-8,13,22-23,26,28H,4-5,20H2,(H2,21,27). The highest BCUT2D eigenvalue weighted by Crippen LogP contribution is 2.51. The van der Waals surface area contributed by atoms with Gasteiger partial charge in [0.25, 0.3) is 5.91 Å². The molecule has 146 valence electrons. The predicted octanol–water partition coefficient (Wildman–Crippen LogP) is -0.639. The highest BCUT2D eigenvalue weighted by Gasteiger charge is 2.62. The molecular weight excluding hydrogens is 368 g/mol. The second-order valence-corrected chi connectivity index (χ2v) is 7.39. The summed E-state index contributed by atoms with van der Waals surface area (Å²) >= 11 is 0. The van der Waals surface area contributed by atoms with Crippen LogP contribution >= 0.6 is 0 Å². The van der Waals surface area contributed by atoms with E-state index in [-0.39, 0.29) is 29.7 Å². The summed E-state index contributed by atoms with van der Waals surface area (Å²) in [6, 6.07) is 3.19. The Morgan fingerprint density at radius 1 is 1.18 bits per heavy atom. The number of nitrogens with two attached hydrogens (primary N) is 2. The molecule has 0 saturated heterocycles. The Morgan fingerprint density at radius 3 is 2.50 bits per heavy atom. The van der Waals surface area contributed by atoms with Crippen LogP contribution in [0.5, 0.6) is 5.75 Å². The van der Waals surface area contributed by atoms with E-state index in [4.69, 9.17) is 11.5 Å². The lowest BCUT2D eigenvalue weighted by atomic mass is 9.58. The SMILES string of the molecule is NC(=O)C1=C(O)C2(O)C(=O)C3=C(O)c4c(O)cccc4CC3CC2C(N)C1=O. The first kappa shape index (κ1) is 18.2. The average molecular weight is 386 g/mol. The molecule has 8 N–H and O–H groups in total. The van der Waals surface area contributed by atoms with Crippen LogP contribution in [0.2, 0.25) is 0 Å². The average Bonchev–Trinajstić information content (AvgIpc) is 2.62. The number of benzene rings is 1. The van der Waals surface area contributed by atoms with Crippen LogP contribution in [0.25, 0.3) is 5.76 Å². The number of phenolic OH excluding ortho intramolecular Hbond substituents is 1. The van der Waals surface area contributed by atoms with Crippen LogP contribution in [0.4, 0.5) is 0 Å². The second-order valence-electron chi connectivity index (χ2n) is 7.39. The zero-order valence-electron chi connectivity index (χ0n) is 14.5. The van der Waals surface area contributed by atoms with Crippen LogP contribution in [0.15, 0.2) is 35.1 Å². The number of aliphatic hydroxyl groups excluding tert-OH is 2. The number of aliphatic hydroxyl groups is 3. The lowest BCUT2D eigenvalue weighted by Crippen LogP contribution is -2.65. The van der Waals surface area contributed by atoms with Crippen molar-refractivity contribution in [1.29, 1.82) is 0 Å². The summed E-state index contributed by atoms with van der Waals surface area (Å²) < 4.78 is 0. The minimum atomic E-state index is -2.67. The zero-order chi connectivity index (χ0) is 20.5. The third-order valence-electron chi connectivity index (χ3n) is 5.99. The Labute approximate surface area is 158 Å². The van der Waals surface area contributed by atoms with Gasteiger partial charge in [0.1, 0.15) is 22.8 Å². The van der Waals surface area contributed by atoms with Gasteiger partial charge >= 0.3 is 0 Å². The first-order valence-electron chi connectivity index (χ1n) is 8.65. The van der Waals surface area contributed by atoms with Crippen LogP contribution in [0, 0.1) is 11.8 Å². The summed E-state index contributed by atoms with van der Waals surface area (Å²) in [6.07, 6.45) is 0.259. The van der Waals surface area contributed by atoms with Crippen molar-refractivity contribution < 1.29 is 34.8 Å². The lowest BCUT2D eigenvalue weighted by molar-refractivity contribution is -0.149. The van der Waals surface area contributed by atoms with Gasteiger partial charge in [0.2, 0.25) is 5.78 Å². The van der Waals surface area contributed by atoms with E-state index >= 15 is 0 Å².